The molecule has 0 unspecified atom stereocenters. The highest BCUT2D eigenvalue weighted by Crippen LogP contribution is 2.26. The highest BCUT2D eigenvalue weighted by molar-refractivity contribution is 7.89. The van der Waals surface area contributed by atoms with Gasteiger partial charge in [0.15, 0.2) is 0 Å². The Morgan fingerprint density at radius 3 is 2.32 bits per heavy atom. The summed E-state index contributed by atoms with van der Waals surface area (Å²) in [5, 5.41) is 8.36. The SMILES string of the molecule is NS(=O)(=O)c1ccccc1-c1ccc(CC(=O)NC2CCCC2)cc1. The fraction of sp³-hybridized carbons (Fsp3) is 0.316. The van der Waals surface area contributed by atoms with E-state index in [4.69, 9.17) is 5.14 Å². The lowest BCUT2D eigenvalue weighted by Gasteiger charge is -2.12. The molecule has 0 saturated heterocycles. The van der Waals surface area contributed by atoms with Gasteiger partial charge >= 0.3 is 0 Å². The number of primary sulfonamides is 1. The van der Waals surface area contributed by atoms with Gasteiger partial charge in [-0.1, -0.05) is 55.3 Å². The normalized spacial score (nSPS) is 15.2. The number of hydrogen-bond acceptors (Lipinski definition) is 3. The van der Waals surface area contributed by atoms with Crippen LogP contribution in [0.2, 0.25) is 0 Å². The van der Waals surface area contributed by atoms with Crippen LogP contribution in [0.15, 0.2) is 53.4 Å². The molecule has 2 aromatic rings. The zero-order chi connectivity index (χ0) is 17.9. The first-order valence-electron chi connectivity index (χ1n) is 8.44. The van der Waals surface area contributed by atoms with Gasteiger partial charge in [-0.3, -0.25) is 4.79 Å². The monoisotopic (exact) mass is 358 g/mol. The third-order valence-electron chi connectivity index (χ3n) is 4.54. The molecule has 2 aromatic carbocycles. The quantitative estimate of drug-likeness (QED) is 0.861. The Kier molecular flexibility index (Phi) is 5.20. The molecule has 3 rings (SSSR count). The van der Waals surface area contributed by atoms with Crippen LogP contribution in [0.3, 0.4) is 0 Å². The fourth-order valence-electron chi connectivity index (χ4n) is 3.29. The Hall–Kier alpha value is -2.18. The van der Waals surface area contributed by atoms with E-state index in [1.165, 1.54) is 18.9 Å². The van der Waals surface area contributed by atoms with E-state index in [-0.39, 0.29) is 10.8 Å². The second-order valence-electron chi connectivity index (χ2n) is 6.46. The van der Waals surface area contributed by atoms with Crippen molar-refractivity contribution in [3.05, 3.63) is 54.1 Å². The molecular weight excluding hydrogens is 336 g/mol. The van der Waals surface area contributed by atoms with Crippen molar-refractivity contribution in [3.63, 3.8) is 0 Å². The number of benzene rings is 2. The lowest BCUT2D eigenvalue weighted by molar-refractivity contribution is -0.121. The van der Waals surface area contributed by atoms with E-state index in [0.29, 0.717) is 18.0 Å². The van der Waals surface area contributed by atoms with Crippen LogP contribution in [0.5, 0.6) is 0 Å². The molecule has 0 aromatic heterocycles. The van der Waals surface area contributed by atoms with Crippen molar-refractivity contribution in [2.75, 3.05) is 0 Å². The molecule has 1 saturated carbocycles. The van der Waals surface area contributed by atoms with E-state index >= 15 is 0 Å². The first-order valence-corrected chi connectivity index (χ1v) is 9.98. The van der Waals surface area contributed by atoms with Crippen LogP contribution in [-0.4, -0.2) is 20.4 Å². The van der Waals surface area contributed by atoms with Crippen molar-refractivity contribution in [2.24, 2.45) is 5.14 Å². The summed E-state index contributed by atoms with van der Waals surface area (Å²) in [5.41, 5.74) is 2.21. The van der Waals surface area contributed by atoms with E-state index in [1.54, 1.807) is 18.2 Å². The lowest BCUT2D eigenvalue weighted by Crippen LogP contribution is -2.33. The Labute approximate surface area is 148 Å². The van der Waals surface area contributed by atoms with Gasteiger partial charge in [0.05, 0.1) is 11.3 Å². The maximum atomic E-state index is 12.1. The first kappa shape index (κ1) is 17.6. The summed E-state index contributed by atoms with van der Waals surface area (Å²) >= 11 is 0. The molecular formula is C19H22N2O3S. The summed E-state index contributed by atoms with van der Waals surface area (Å²) in [4.78, 5) is 12.2. The maximum absolute atomic E-state index is 12.1. The number of sulfonamides is 1. The number of amides is 1. The average molecular weight is 358 g/mol. The zero-order valence-corrected chi connectivity index (χ0v) is 14.8. The van der Waals surface area contributed by atoms with E-state index in [1.807, 2.05) is 24.3 Å². The number of nitrogens with one attached hydrogen (secondary N) is 1. The smallest absolute Gasteiger partial charge is 0.238 e. The highest BCUT2D eigenvalue weighted by atomic mass is 32.2. The minimum absolute atomic E-state index is 0.0320. The van der Waals surface area contributed by atoms with Gasteiger partial charge in [-0.15, -0.1) is 0 Å². The minimum Gasteiger partial charge on any atom is -0.353 e. The van der Waals surface area contributed by atoms with Gasteiger partial charge in [0.25, 0.3) is 0 Å². The molecule has 1 aliphatic rings. The van der Waals surface area contributed by atoms with Gasteiger partial charge < -0.3 is 5.32 Å². The molecule has 1 fully saturated rings. The van der Waals surface area contributed by atoms with E-state index in [0.717, 1.165) is 24.0 Å². The Morgan fingerprint density at radius 2 is 1.68 bits per heavy atom. The molecule has 0 heterocycles. The molecule has 3 N–H and O–H groups in total. The highest BCUT2D eigenvalue weighted by Gasteiger charge is 2.17. The van der Waals surface area contributed by atoms with Crippen LogP contribution in [0.1, 0.15) is 31.2 Å². The number of carbonyl (C=O) groups is 1. The molecule has 0 bridgehead atoms. The van der Waals surface area contributed by atoms with Crippen molar-refractivity contribution < 1.29 is 13.2 Å². The molecule has 0 radical (unpaired) electrons. The summed E-state index contributed by atoms with van der Waals surface area (Å²) < 4.78 is 23.5. The van der Waals surface area contributed by atoms with E-state index < -0.39 is 10.0 Å². The van der Waals surface area contributed by atoms with Crippen LogP contribution >= 0.6 is 0 Å². The Morgan fingerprint density at radius 1 is 1.04 bits per heavy atom. The van der Waals surface area contributed by atoms with Crippen LogP contribution in [0.4, 0.5) is 0 Å². The summed E-state index contributed by atoms with van der Waals surface area (Å²) in [6, 6.07) is 14.3. The predicted molar refractivity (Wildman–Crippen MR) is 97.4 cm³/mol. The maximum Gasteiger partial charge on any atom is 0.238 e. The molecule has 132 valence electrons. The Bertz CT molecular complexity index is 854. The summed E-state index contributed by atoms with van der Waals surface area (Å²) in [6.45, 7) is 0. The van der Waals surface area contributed by atoms with Crippen molar-refractivity contribution in [2.45, 2.75) is 43.0 Å². The van der Waals surface area contributed by atoms with Crippen LogP contribution < -0.4 is 10.5 Å². The molecule has 0 spiro atoms. The topological polar surface area (TPSA) is 89.3 Å². The van der Waals surface area contributed by atoms with Crippen molar-refractivity contribution in [3.8, 4) is 11.1 Å². The molecule has 25 heavy (non-hydrogen) atoms. The lowest BCUT2D eigenvalue weighted by atomic mass is 10.0. The predicted octanol–water partition coefficient (Wildman–Crippen LogP) is 2.60. The van der Waals surface area contributed by atoms with Gasteiger partial charge in [-0.2, -0.15) is 0 Å². The van der Waals surface area contributed by atoms with Gasteiger partial charge in [0, 0.05) is 11.6 Å². The summed E-state index contributed by atoms with van der Waals surface area (Å²) in [7, 11) is -3.79. The third kappa shape index (κ3) is 4.46. The largest absolute Gasteiger partial charge is 0.353 e. The number of nitrogens with two attached hydrogens (primary N) is 1. The van der Waals surface area contributed by atoms with E-state index in [2.05, 4.69) is 5.32 Å². The third-order valence-corrected chi connectivity index (χ3v) is 5.51. The first-order chi connectivity index (χ1) is 11.9. The standard InChI is InChI=1S/C19H22N2O3S/c20-25(23,24)18-8-4-3-7-17(18)15-11-9-14(10-12-15)13-19(22)21-16-5-1-2-6-16/h3-4,7-12,16H,1-2,5-6,13H2,(H,21,22)(H2,20,23,24). The van der Waals surface area contributed by atoms with Gasteiger partial charge in [-0.25, -0.2) is 13.6 Å². The van der Waals surface area contributed by atoms with Crippen LogP contribution in [0.25, 0.3) is 11.1 Å². The molecule has 1 amide bonds. The zero-order valence-electron chi connectivity index (χ0n) is 13.9. The van der Waals surface area contributed by atoms with Gasteiger partial charge in [-0.05, 0) is 30.0 Å². The van der Waals surface area contributed by atoms with Gasteiger partial charge in [0.2, 0.25) is 15.9 Å². The molecule has 0 atom stereocenters. The second-order valence-corrected chi connectivity index (χ2v) is 7.99. The fourth-order valence-corrected chi connectivity index (χ4v) is 4.05. The minimum atomic E-state index is -3.79. The summed E-state index contributed by atoms with van der Waals surface area (Å²) in [5.74, 6) is 0.0320. The Balaban J connectivity index is 1.74. The number of hydrogen-bond donors (Lipinski definition) is 2. The number of rotatable bonds is 5. The molecule has 5 nitrogen and oxygen atoms in total. The van der Waals surface area contributed by atoms with E-state index in [9.17, 15) is 13.2 Å². The van der Waals surface area contributed by atoms with Gasteiger partial charge in [0.1, 0.15) is 0 Å². The second kappa shape index (κ2) is 7.37. The van der Waals surface area contributed by atoms with Crippen molar-refractivity contribution in [1.29, 1.82) is 0 Å². The molecule has 6 heteroatoms. The van der Waals surface area contributed by atoms with Crippen LogP contribution in [-0.2, 0) is 21.2 Å². The van der Waals surface area contributed by atoms with Crippen molar-refractivity contribution in [1.82, 2.24) is 5.32 Å². The molecule has 1 aliphatic carbocycles. The van der Waals surface area contributed by atoms with Crippen LogP contribution in [0, 0.1) is 0 Å². The summed E-state index contributed by atoms with van der Waals surface area (Å²) in [6.07, 6.45) is 4.82. The van der Waals surface area contributed by atoms with Crippen molar-refractivity contribution >= 4 is 15.9 Å². The molecule has 0 aliphatic heterocycles. The number of carbonyl (C=O) groups excluding carboxylic acids is 1. The average Bonchev–Trinajstić information content (AvgIpc) is 3.07.